The summed E-state index contributed by atoms with van der Waals surface area (Å²) in [6.07, 6.45) is 0. The lowest BCUT2D eigenvalue weighted by molar-refractivity contribution is 0.102. The molecule has 2 aromatic carbocycles. The number of nitrogens with zero attached hydrogens (tertiary/aromatic N) is 2. The third-order valence-corrected chi connectivity index (χ3v) is 3.52. The van der Waals surface area contributed by atoms with Crippen LogP contribution in [-0.2, 0) is 0 Å². The van der Waals surface area contributed by atoms with Gasteiger partial charge in [-0.05, 0) is 44.2 Å². The third-order valence-electron chi connectivity index (χ3n) is 3.52. The zero-order valence-corrected chi connectivity index (χ0v) is 13.9. The number of halogens is 1. The number of carbonyl (C=O) groups is 1. The number of nitrogens with one attached hydrogen (secondary N) is 2. The third kappa shape index (κ3) is 3.98. The molecule has 1 heterocycles. The quantitative estimate of drug-likeness (QED) is 0.748. The Balaban J connectivity index is 1.88. The average Bonchev–Trinajstić information content (AvgIpc) is 2.56. The number of para-hydroxylation sites is 2. The molecule has 3 aromatic rings. The molecule has 6 heteroatoms. The molecular formula is C19H17FN4O. The highest BCUT2D eigenvalue weighted by atomic mass is 19.1. The van der Waals surface area contributed by atoms with Gasteiger partial charge in [-0.1, -0.05) is 24.3 Å². The number of hydrogen-bond donors (Lipinski definition) is 2. The molecule has 0 aliphatic rings. The van der Waals surface area contributed by atoms with Gasteiger partial charge < -0.3 is 10.6 Å². The molecule has 5 nitrogen and oxygen atoms in total. The molecule has 0 saturated heterocycles. The largest absolute Gasteiger partial charge is 0.323 e. The van der Waals surface area contributed by atoms with E-state index < -0.39 is 11.7 Å². The Kier molecular flexibility index (Phi) is 4.70. The number of benzene rings is 2. The molecule has 126 valence electrons. The predicted octanol–water partition coefficient (Wildman–Crippen LogP) is 4.23. The summed E-state index contributed by atoms with van der Waals surface area (Å²) in [6, 6.07) is 14.8. The van der Waals surface area contributed by atoms with E-state index in [-0.39, 0.29) is 5.69 Å². The average molecular weight is 336 g/mol. The molecule has 2 N–H and O–H groups in total. The second-order valence-corrected chi connectivity index (χ2v) is 5.58. The van der Waals surface area contributed by atoms with E-state index in [1.54, 1.807) is 36.4 Å². The van der Waals surface area contributed by atoms with Gasteiger partial charge in [0, 0.05) is 11.4 Å². The molecule has 0 aliphatic heterocycles. The lowest BCUT2D eigenvalue weighted by atomic mass is 10.1. The van der Waals surface area contributed by atoms with Crippen molar-refractivity contribution in [1.29, 1.82) is 0 Å². The summed E-state index contributed by atoms with van der Waals surface area (Å²) in [5, 5.41) is 5.64. The lowest BCUT2D eigenvalue weighted by Crippen LogP contribution is -2.15. The maximum Gasteiger partial charge on any atom is 0.257 e. The minimum Gasteiger partial charge on any atom is -0.323 e. The zero-order valence-electron chi connectivity index (χ0n) is 13.9. The number of carbonyl (C=O) groups excluding carboxylic acids is 1. The Labute approximate surface area is 145 Å². The van der Waals surface area contributed by atoms with Gasteiger partial charge in [0.2, 0.25) is 5.95 Å². The summed E-state index contributed by atoms with van der Waals surface area (Å²) in [4.78, 5) is 21.2. The predicted molar refractivity (Wildman–Crippen MR) is 95.6 cm³/mol. The highest BCUT2D eigenvalue weighted by Gasteiger charge is 2.14. The molecule has 0 atom stereocenters. The van der Waals surface area contributed by atoms with E-state index in [1.165, 1.54) is 12.1 Å². The zero-order chi connectivity index (χ0) is 17.8. The first-order valence-electron chi connectivity index (χ1n) is 7.77. The lowest BCUT2D eigenvalue weighted by Gasteiger charge is -2.12. The van der Waals surface area contributed by atoms with Crippen molar-refractivity contribution in [2.45, 2.75) is 13.8 Å². The van der Waals surface area contributed by atoms with Crippen LogP contribution in [0.4, 0.5) is 21.7 Å². The second-order valence-electron chi connectivity index (χ2n) is 5.58. The highest BCUT2D eigenvalue weighted by Crippen LogP contribution is 2.21. The van der Waals surface area contributed by atoms with E-state index in [1.807, 2.05) is 19.9 Å². The molecule has 3 rings (SSSR count). The van der Waals surface area contributed by atoms with Crippen molar-refractivity contribution < 1.29 is 9.18 Å². The van der Waals surface area contributed by atoms with Crippen LogP contribution in [0.1, 0.15) is 21.7 Å². The van der Waals surface area contributed by atoms with Gasteiger partial charge in [0.25, 0.3) is 5.91 Å². The Bertz CT molecular complexity index is 907. The Morgan fingerprint density at radius 3 is 2.20 bits per heavy atom. The van der Waals surface area contributed by atoms with Gasteiger partial charge in [-0.3, -0.25) is 4.79 Å². The minimum absolute atomic E-state index is 0.130. The number of aromatic nitrogens is 2. The SMILES string of the molecule is Cc1cc(C)nc(Nc2ccccc2C(=O)Nc2ccccc2F)n1. The van der Waals surface area contributed by atoms with Gasteiger partial charge in [0.05, 0.1) is 16.9 Å². The smallest absolute Gasteiger partial charge is 0.257 e. The molecule has 1 aromatic heterocycles. The number of anilines is 3. The summed E-state index contributed by atoms with van der Waals surface area (Å²) in [5.41, 5.74) is 2.69. The molecule has 0 bridgehead atoms. The molecule has 1 amide bonds. The first-order chi connectivity index (χ1) is 12.0. The molecule has 0 saturated carbocycles. The van der Waals surface area contributed by atoms with Crippen LogP contribution in [0, 0.1) is 19.7 Å². The molecule has 0 radical (unpaired) electrons. The maximum absolute atomic E-state index is 13.8. The monoisotopic (exact) mass is 336 g/mol. The summed E-state index contributed by atoms with van der Waals surface area (Å²) in [7, 11) is 0. The van der Waals surface area contributed by atoms with Crippen LogP contribution in [0.15, 0.2) is 54.6 Å². The second kappa shape index (κ2) is 7.09. The first kappa shape index (κ1) is 16.6. The molecule has 0 unspecified atom stereocenters. The van der Waals surface area contributed by atoms with Gasteiger partial charge in [-0.25, -0.2) is 14.4 Å². The first-order valence-corrected chi connectivity index (χ1v) is 7.77. The van der Waals surface area contributed by atoms with Gasteiger partial charge in [-0.15, -0.1) is 0 Å². The number of hydrogen-bond acceptors (Lipinski definition) is 4. The van der Waals surface area contributed by atoms with Gasteiger partial charge in [-0.2, -0.15) is 0 Å². The van der Waals surface area contributed by atoms with Crippen LogP contribution >= 0.6 is 0 Å². The molecule has 0 fully saturated rings. The fourth-order valence-electron chi connectivity index (χ4n) is 2.44. The van der Waals surface area contributed by atoms with Crippen LogP contribution in [0.2, 0.25) is 0 Å². The van der Waals surface area contributed by atoms with E-state index in [0.29, 0.717) is 17.2 Å². The topological polar surface area (TPSA) is 66.9 Å². The van der Waals surface area contributed by atoms with Crippen LogP contribution < -0.4 is 10.6 Å². The molecule has 25 heavy (non-hydrogen) atoms. The summed E-state index contributed by atoms with van der Waals surface area (Å²) in [5.74, 6) is -0.500. The molecular weight excluding hydrogens is 319 g/mol. The minimum atomic E-state index is -0.487. The van der Waals surface area contributed by atoms with Gasteiger partial charge in [0.1, 0.15) is 5.82 Å². The highest BCUT2D eigenvalue weighted by molar-refractivity contribution is 6.08. The Morgan fingerprint density at radius 1 is 0.920 bits per heavy atom. The fourth-order valence-corrected chi connectivity index (χ4v) is 2.44. The van der Waals surface area contributed by atoms with E-state index in [2.05, 4.69) is 20.6 Å². The van der Waals surface area contributed by atoms with Crippen LogP contribution in [-0.4, -0.2) is 15.9 Å². The van der Waals surface area contributed by atoms with Gasteiger partial charge >= 0.3 is 0 Å². The summed E-state index contributed by atoms with van der Waals surface area (Å²) < 4.78 is 13.8. The van der Waals surface area contributed by atoms with E-state index >= 15 is 0 Å². The number of rotatable bonds is 4. The molecule has 0 aliphatic carbocycles. The Hall–Kier alpha value is -3.28. The summed E-state index contributed by atoms with van der Waals surface area (Å²) >= 11 is 0. The van der Waals surface area contributed by atoms with E-state index in [9.17, 15) is 9.18 Å². The van der Waals surface area contributed by atoms with Crippen LogP contribution in [0.5, 0.6) is 0 Å². The van der Waals surface area contributed by atoms with Gasteiger partial charge in [0.15, 0.2) is 0 Å². The molecule has 0 spiro atoms. The van der Waals surface area contributed by atoms with Crippen molar-refractivity contribution in [3.63, 3.8) is 0 Å². The number of aryl methyl sites for hydroxylation is 2. The normalized spacial score (nSPS) is 10.4. The number of amides is 1. The van der Waals surface area contributed by atoms with Crippen LogP contribution in [0.25, 0.3) is 0 Å². The maximum atomic E-state index is 13.8. The van der Waals surface area contributed by atoms with Crippen molar-refractivity contribution in [3.05, 3.63) is 77.4 Å². The van der Waals surface area contributed by atoms with Crippen molar-refractivity contribution in [3.8, 4) is 0 Å². The Morgan fingerprint density at radius 2 is 1.52 bits per heavy atom. The van der Waals surface area contributed by atoms with Crippen molar-refractivity contribution in [1.82, 2.24) is 9.97 Å². The van der Waals surface area contributed by atoms with Crippen molar-refractivity contribution >= 4 is 23.2 Å². The van der Waals surface area contributed by atoms with E-state index in [4.69, 9.17) is 0 Å². The van der Waals surface area contributed by atoms with Crippen molar-refractivity contribution in [2.75, 3.05) is 10.6 Å². The van der Waals surface area contributed by atoms with E-state index in [0.717, 1.165) is 11.4 Å². The summed E-state index contributed by atoms with van der Waals surface area (Å²) in [6.45, 7) is 3.74. The fraction of sp³-hybridized carbons (Fsp3) is 0.105. The van der Waals surface area contributed by atoms with Crippen molar-refractivity contribution in [2.24, 2.45) is 0 Å². The standard InChI is InChI=1S/C19H17FN4O/c1-12-11-13(2)22-19(21-12)24-16-9-5-3-7-14(16)18(25)23-17-10-6-4-8-15(17)20/h3-11H,1-2H3,(H,23,25)(H,21,22,24). The van der Waals surface area contributed by atoms with Crippen LogP contribution in [0.3, 0.4) is 0 Å².